The van der Waals surface area contributed by atoms with Gasteiger partial charge in [-0.15, -0.1) is 0 Å². The van der Waals surface area contributed by atoms with Crippen molar-refractivity contribution in [3.05, 3.63) is 0 Å². The first-order chi connectivity index (χ1) is 4.96. The zero-order chi connectivity index (χ0) is 10.2. The van der Waals surface area contributed by atoms with Crippen molar-refractivity contribution >= 4 is 106 Å². The summed E-state index contributed by atoms with van der Waals surface area (Å²) >= 11 is 43.3. The predicted octanol–water partition coefficient (Wildman–Crippen LogP) is 7.59. The van der Waals surface area contributed by atoms with Gasteiger partial charge in [0.2, 0.25) is 0 Å². The number of halogens is 7. The van der Waals surface area contributed by atoms with Crippen molar-refractivity contribution in [3.63, 3.8) is 0 Å². The van der Waals surface area contributed by atoms with Crippen molar-refractivity contribution in [1.29, 1.82) is 0 Å². The van der Waals surface area contributed by atoms with Crippen LogP contribution in [0.15, 0.2) is 4.52 Å². The molecule has 0 bridgehead atoms. The van der Waals surface area contributed by atoms with Crippen molar-refractivity contribution in [2.45, 2.75) is 0 Å². The molecule has 0 aliphatic carbocycles. The third-order valence-corrected chi connectivity index (χ3v) is 22.7. The molecule has 74 valence electrons. The van der Waals surface area contributed by atoms with Crippen LogP contribution in [0.5, 0.6) is 0 Å². The standard InChI is InChI=1S/Cl7NP3S/c1-9(2,3)8-10(4,5)11(6,7)12/q+1. The lowest BCUT2D eigenvalue weighted by molar-refractivity contribution is 2.06. The summed E-state index contributed by atoms with van der Waals surface area (Å²) in [7, 11) is 0. The van der Waals surface area contributed by atoms with Gasteiger partial charge in [0.1, 0.15) is 22.5 Å². The van der Waals surface area contributed by atoms with Crippen LogP contribution >= 0.6 is 94.0 Å². The van der Waals surface area contributed by atoms with Gasteiger partial charge in [-0.1, -0.05) is 4.52 Å². The van der Waals surface area contributed by atoms with Gasteiger partial charge < -0.3 is 0 Å². The van der Waals surface area contributed by atoms with E-state index in [0.29, 0.717) is 0 Å². The molecule has 0 aromatic rings. The van der Waals surface area contributed by atoms with Crippen LogP contribution < -0.4 is 0 Å². The Morgan fingerprint density at radius 3 is 1.42 bits per heavy atom. The minimum absolute atomic E-state index is 2.94. The summed E-state index contributed by atoms with van der Waals surface area (Å²) in [6.07, 6.45) is 0. The van der Waals surface area contributed by atoms with Gasteiger partial charge in [-0.3, -0.25) is 0 Å². The van der Waals surface area contributed by atoms with E-state index in [2.05, 4.69) is 16.3 Å². The third-order valence-electron chi connectivity index (χ3n) is 0.489. The Morgan fingerprint density at radius 1 is 1.00 bits per heavy atom. The van der Waals surface area contributed by atoms with E-state index < -0.39 is 15.4 Å². The number of hydrogen-bond donors (Lipinski definition) is 0. The SMILES string of the molecule is S=P(Cl)(Cl)[P+](Cl)(Cl)N=P(Cl)(Cl)Cl. The highest BCUT2D eigenvalue weighted by molar-refractivity contribution is 8.85. The first-order valence-electron chi connectivity index (χ1n) is 1.97. The molecule has 0 unspecified atom stereocenters. The van der Waals surface area contributed by atoms with Gasteiger partial charge in [0.05, 0.1) is 0 Å². The highest BCUT2D eigenvalue weighted by Crippen LogP contribution is 3.03. The zero-order valence-electron chi connectivity index (χ0n) is 4.84. The van der Waals surface area contributed by atoms with E-state index in [0.717, 1.165) is 0 Å². The van der Waals surface area contributed by atoms with Crippen molar-refractivity contribution in [3.8, 4) is 0 Å². The second kappa shape index (κ2) is 5.11. The van der Waals surface area contributed by atoms with Crippen molar-refractivity contribution in [2.75, 3.05) is 0 Å². The Kier molecular flexibility index (Phi) is 6.54. The fourth-order valence-electron chi connectivity index (χ4n) is 0.169. The maximum absolute atomic E-state index is 5.66. The van der Waals surface area contributed by atoms with Crippen LogP contribution in [0.2, 0.25) is 0 Å². The molecule has 1 nitrogen and oxygen atoms in total. The number of rotatable bonds is 2. The van der Waals surface area contributed by atoms with Crippen molar-refractivity contribution < 1.29 is 0 Å². The van der Waals surface area contributed by atoms with E-state index >= 15 is 0 Å². The molecule has 0 amide bonds. The summed E-state index contributed by atoms with van der Waals surface area (Å²) in [5, 5.41) is -3.01. The molecule has 0 rings (SSSR count). The molecule has 0 saturated carbocycles. The minimum atomic E-state index is -3.07. The zero-order valence-corrected chi connectivity index (χ0v) is 13.6. The summed E-state index contributed by atoms with van der Waals surface area (Å²) in [6, 6.07) is 0. The molecule has 0 fully saturated rings. The molecule has 0 aromatic carbocycles. The van der Waals surface area contributed by atoms with Gasteiger partial charge in [-0.05, 0) is 68.0 Å². The molecule has 0 saturated heterocycles. The number of nitrogens with zero attached hydrogens (tertiary/aromatic N) is 1. The molecule has 0 N–H and O–H groups in total. The van der Waals surface area contributed by atoms with Gasteiger partial charge in [0.15, 0.2) is 0 Å². The fraction of sp³-hybridized carbons (Fsp3) is 0. The Morgan fingerprint density at radius 2 is 1.33 bits per heavy atom. The lowest BCUT2D eigenvalue weighted by atomic mass is 13.9. The second-order valence-electron chi connectivity index (χ2n) is 1.40. The quantitative estimate of drug-likeness (QED) is 0.445. The lowest BCUT2D eigenvalue weighted by Gasteiger charge is -2.07. The summed E-state index contributed by atoms with van der Waals surface area (Å²) in [6.45, 7) is 0. The highest BCUT2D eigenvalue weighted by atomic mass is 36.0. The van der Waals surface area contributed by atoms with Crippen LogP contribution in [-0.2, 0) is 11.8 Å². The van der Waals surface area contributed by atoms with Crippen molar-refractivity contribution in [1.82, 2.24) is 0 Å². The molecule has 0 aromatic heterocycles. The third kappa shape index (κ3) is 6.04. The minimum Gasteiger partial charge on any atom is -0.0599 e. The van der Waals surface area contributed by atoms with E-state index in [1.54, 1.807) is 0 Å². The normalized spacial score (nSPS) is 14.6. The average Bonchev–Trinajstić information content (AvgIpc) is 1.52. The molecule has 0 aliphatic rings. The smallest absolute Gasteiger partial charge is 0.0599 e. The van der Waals surface area contributed by atoms with Crippen LogP contribution in [-0.4, -0.2) is 0 Å². The van der Waals surface area contributed by atoms with Gasteiger partial charge in [0, 0.05) is 0 Å². The number of hydrogen-bond acceptors (Lipinski definition) is 2. The molecular weight excluding hydrogens is 387 g/mol. The molecule has 0 atom stereocenters. The van der Waals surface area contributed by atoms with E-state index in [4.69, 9.17) is 78.7 Å². The topological polar surface area (TPSA) is 12.4 Å². The molecule has 0 spiro atoms. The summed E-state index contributed by atoms with van der Waals surface area (Å²) in [5.41, 5.74) is 0. The summed E-state index contributed by atoms with van der Waals surface area (Å²) in [5.74, 6) is -3.07. The maximum atomic E-state index is 5.66. The van der Waals surface area contributed by atoms with Crippen molar-refractivity contribution in [2.24, 2.45) is 4.52 Å². The highest BCUT2D eigenvalue weighted by Gasteiger charge is 2.52. The van der Waals surface area contributed by atoms with E-state index in [1.807, 2.05) is 0 Å². The largest absolute Gasteiger partial charge is 0.380 e. The predicted molar refractivity (Wildman–Crippen MR) is 71.5 cm³/mol. The van der Waals surface area contributed by atoms with Crippen LogP contribution in [0.4, 0.5) is 0 Å². The van der Waals surface area contributed by atoms with Crippen LogP contribution in [0.25, 0.3) is 0 Å². The van der Waals surface area contributed by atoms with Crippen LogP contribution in [0.3, 0.4) is 0 Å². The van der Waals surface area contributed by atoms with E-state index in [-0.39, 0.29) is 0 Å². The first-order valence-corrected chi connectivity index (χ1v) is 15.3. The molecule has 0 aliphatic heterocycles. The molecule has 0 heterocycles. The van der Waals surface area contributed by atoms with E-state index in [1.165, 1.54) is 0 Å². The van der Waals surface area contributed by atoms with Crippen LogP contribution in [0.1, 0.15) is 0 Å². The van der Waals surface area contributed by atoms with Gasteiger partial charge >= 0.3 is 10.2 Å². The van der Waals surface area contributed by atoms with E-state index in [9.17, 15) is 0 Å². The molecule has 12 heavy (non-hydrogen) atoms. The second-order valence-corrected chi connectivity index (χ2v) is 27.7. The lowest BCUT2D eigenvalue weighted by Crippen LogP contribution is -1.58. The Hall–Kier alpha value is 3.34. The molecule has 0 radical (unpaired) electrons. The summed E-state index contributed by atoms with van der Waals surface area (Å²) in [4.78, 5) is 0. The Balaban J connectivity index is 5.05. The monoisotopic (exact) mass is 384 g/mol. The van der Waals surface area contributed by atoms with Crippen LogP contribution in [0, 0.1) is 0 Å². The maximum Gasteiger partial charge on any atom is 0.380 e. The van der Waals surface area contributed by atoms with Gasteiger partial charge in [-0.2, -0.15) is 0 Å². The summed E-state index contributed by atoms with van der Waals surface area (Å²) < 4.78 is 0.606. The fourth-order valence-corrected chi connectivity index (χ4v) is 13.7. The molecular formula is Cl7NP3S+. The molecule has 12 heteroatoms. The Bertz CT molecular complexity index is 250. The first kappa shape index (κ1) is 15.3. The van der Waals surface area contributed by atoms with Gasteiger partial charge in [0.25, 0.3) is 5.11 Å². The Labute approximate surface area is 109 Å². The van der Waals surface area contributed by atoms with Gasteiger partial charge in [-0.25, -0.2) is 0 Å². The average molecular weight is 387 g/mol.